The first-order valence-corrected chi connectivity index (χ1v) is 16.3. The Morgan fingerprint density at radius 3 is 1.79 bits per heavy atom. The van der Waals surface area contributed by atoms with E-state index < -0.39 is 0 Å². The average molecular weight is 647 g/mol. The number of hydrogen-bond donors (Lipinski definition) is 3. The molecule has 0 saturated heterocycles. The highest BCUT2D eigenvalue weighted by atomic mass is 16.5. The highest BCUT2D eigenvalue weighted by Gasteiger charge is 2.23. The van der Waals surface area contributed by atoms with E-state index in [0.29, 0.717) is 25.8 Å². The van der Waals surface area contributed by atoms with Gasteiger partial charge in [-0.25, -0.2) is 9.97 Å². The average Bonchev–Trinajstić information content (AvgIpc) is 3.71. The number of aromatic amines is 2. The maximum Gasteiger partial charge on any atom is 0.305 e. The molecule has 0 spiro atoms. The number of carbonyl (C=O) groups is 2. The molecule has 5 rings (SSSR count). The van der Waals surface area contributed by atoms with Crippen molar-refractivity contribution in [2.45, 2.75) is 53.4 Å². The van der Waals surface area contributed by atoms with Crippen molar-refractivity contribution in [1.29, 1.82) is 0 Å². The fourth-order valence-corrected chi connectivity index (χ4v) is 6.38. The van der Waals surface area contributed by atoms with Crippen LogP contribution in [0.25, 0.3) is 56.5 Å². The molecule has 5 heterocycles. The van der Waals surface area contributed by atoms with Crippen LogP contribution in [-0.2, 0) is 14.3 Å². The Labute approximate surface area is 282 Å². The lowest BCUT2D eigenvalue weighted by Gasteiger charge is -2.11. The molecule has 8 bridgehead atoms. The van der Waals surface area contributed by atoms with Gasteiger partial charge in [-0.05, 0) is 112 Å². The van der Waals surface area contributed by atoms with E-state index in [2.05, 4.69) is 67.4 Å². The number of H-pyrrole nitrogens is 2. The molecule has 250 valence electrons. The Morgan fingerprint density at radius 2 is 1.27 bits per heavy atom. The summed E-state index contributed by atoms with van der Waals surface area (Å²) in [7, 11) is 5.37. The number of esters is 1. The van der Waals surface area contributed by atoms with E-state index in [9.17, 15) is 9.59 Å². The summed E-state index contributed by atoms with van der Waals surface area (Å²) in [5.41, 5.74) is 15.0. The third kappa shape index (κ3) is 6.96. The quantitative estimate of drug-likeness (QED) is 0.186. The predicted molar refractivity (Wildman–Crippen MR) is 198 cm³/mol. The zero-order chi connectivity index (χ0) is 34.7. The first kappa shape index (κ1) is 34.3. The van der Waals surface area contributed by atoms with E-state index in [1.807, 2.05) is 44.1 Å². The summed E-state index contributed by atoms with van der Waals surface area (Å²) in [4.78, 5) is 44.6. The van der Waals surface area contributed by atoms with Crippen LogP contribution in [0, 0.1) is 13.8 Å². The first-order valence-electron chi connectivity index (χ1n) is 16.3. The number of amides is 1. The van der Waals surface area contributed by atoms with Gasteiger partial charge in [-0.1, -0.05) is 25.3 Å². The second-order valence-corrected chi connectivity index (χ2v) is 12.7. The van der Waals surface area contributed by atoms with Gasteiger partial charge in [-0.15, -0.1) is 0 Å². The Morgan fingerprint density at radius 1 is 0.771 bits per heavy atom. The van der Waals surface area contributed by atoms with Gasteiger partial charge in [0.2, 0.25) is 5.91 Å². The van der Waals surface area contributed by atoms with Crippen LogP contribution in [0.5, 0.6) is 0 Å². The van der Waals surface area contributed by atoms with Gasteiger partial charge in [-0.3, -0.25) is 9.59 Å². The molecule has 48 heavy (non-hydrogen) atoms. The largest absolute Gasteiger partial charge is 0.469 e. The molecule has 9 nitrogen and oxygen atoms in total. The van der Waals surface area contributed by atoms with Crippen molar-refractivity contribution < 1.29 is 14.3 Å². The summed E-state index contributed by atoms with van der Waals surface area (Å²) in [6.45, 7) is 17.8. The van der Waals surface area contributed by atoms with E-state index in [4.69, 9.17) is 14.7 Å². The summed E-state index contributed by atoms with van der Waals surface area (Å²) in [5, 5.41) is 3.03. The lowest BCUT2D eigenvalue weighted by atomic mass is 9.98. The minimum Gasteiger partial charge on any atom is -0.469 e. The molecule has 0 aromatic carbocycles. The Hall–Kier alpha value is -5.02. The van der Waals surface area contributed by atoms with Gasteiger partial charge in [-0.2, -0.15) is 0 Å². The van der Waals surface area contributed by atoms with E-state index in [1.165, 1.54) is 7.11 Å². The zero-order valence-electron chi connectivity index (χ0n) is 29.2. The number of aromatic nitrogens is 4. The topological polar surface area (TPSA) is 116 Å². The molecular weight excluding hydrogens is 600 g/mol. The van der Waals surface area contributed by atoms with Crippen molar-refractivity contribution in [2.24, 2.45) is 0 Å². The van der Waals surface area contributed by atoms with Gasteiger partial charge in [0.15, 0.2) is 0 Å². The van der Waals surface area contributed by atoms with Crippen molar-refractivity contribution in [3.63, 3.8) is 0 Å². The number of likely N-dealkylation sites (N-methyl/N-ethyl adjacent to an activating group) is 1. The van der Waals surface area contributed by atoms with Gasteiger partial charge >= 0.3 is 5.97 Å². The summed E-state index contributed by atoms with van der Waals surface area (Å²) in [5.74, 6) is -0.279. The Kier molecular flexibility index (Phi) is 10.3. The number of methoxy groups -OCH3 is 1. The van der Waals surface area contributed by atoms with Crippen LogP contribution in [0.2, 0.25) is 0 Å². The van der Waals surface area contributed by atoms with Crippen molar-refractivity contribution in [2.75, 3.05) is 34.3 Å². The van der Waals surface area contributed by atoms with E-state index in [1.54, 1.807) is 0 Å². The van der Waals surface area contributed by atoms with Crippen molar-refractivity contribution in [3.05, 3.63) is 82.5 Å². The number of nitrogens with zero attached hydrogens (tertiary/aromatic N) is 3. The normalized spacial score (nSPS) is 12.9. The highest BCUT2D eigenvalue weighted by Crippen LogP contribution is 2.38. The fourth-order valence-electron chi connectivity index (χ4n) is 6.38. The second-order valence-electron chi connectivity index (χ2n) is 12.7. The molecule has 3 aromatic heterocycles. The van der Waals surface area contributed by atoms with Crippen LogP contribution >= 0.6 is 0 Å². The third-order valence-electron chi connectivity index (χ3n) is 9.33. The van der Waals surface area contributed by atoms with Gasteiger partial charge < -0.3 is 24.9 Å². The maximum atomic E-state index is 12.9. The molecule has 2 aliphatic heterocycles. The summed E-state index contributed by atoms with van der Waals surface area (Å²) in [6.07, 6.45) is 5.30. The van der Waals surface area contributed by atoms with Crippen LogP contribution in [0.3, 0.4) is 0 Å². The highest BCUT2D eigenvalue weighted by molar-refractivity contribution is 5.97. The van der Waals surface area contributed by atoms with E-state index >= 15 is 0 Å². The van der Waals surface area contributed by atoms with Gasteiger partial charge in [0.05, 0.1) is 29.9 Å². The molecule has 0 radical (unpaired) electrons. The SMILES string of the molecule is C=Cc1c(C)c2cc3[nH]c(cc4nc(cc5nc(cc1[nH]2)C(C)=C5CCC(=O)NCCN(C)C)C(CCC(=O)OC)=C4C)c(C)c3C=C. The minimum absolute atomic E-state index is 0.00114. The lowest BCUT2D eigenvalue weighted by Crippen LogP contribution is -2.31. The summed E-state index contributed by atoms with van der Waals surface area (Å²) >= 11 is 0. The number of allylic oxidation sites excluding steroid dienone is 4. The molecule has 2 aliphatic rings. The lowest BCUT2D eigenvalue weighted by molar-refractivity contribution is -0.140. The molecule has 9 heteroatoms. The molecule has 0 atom stereocenters. The molecule has 0 unspecified atom stereocenters. The van der Waals surface area contributed by atoms with Crippen molar-refractivity contribution in [1.82, 2.24) is 30.2 Å². The second kappa shape index (κ2) is 14.4. The van der Waals surface area contributed by atoms with E-state index in [0.717, 1.165) is 95.9 Å². The van der Waals surface area contributed by atoms with Crippen LogP contribution in [0.15, 0.2) is 37.4 Å². The Bertz CT molecular complexity index is 2040. The Balaban J connectivity index is 1.77. The number of aryl methyl sites for hydroxylation is 2. The molecule has 3 aromatic rings. The number of rotatable bonds is 11. The van der Waals surface area contributed by atoms with Crippen molar-refractivity contribution >= 4 is 68.4 Å². The van der Waals surface area contributed by atoms with Crippen LogP contribution in [0.1, 0.15) is 84.6 Å². The molecule has 0 fully saturated rings. The zero-order valence-corrected chi connectivity index (χ0v) is 29.2. The third-order valence-corrected chi connectivity index (χ3v) is 9.33. The monoisotopic (exact) mass is 646 g/mol. The molecule has 0 saturated carbocycles. The van der Waals surface area contributed by atoms with Crippen LogP contribution in [-0.4, -0.2) is 71.0 Å². The van der Waals surface area contributed by atoms with Crippen LogP contribution in [0.4, 0.5) is 0 Å². The molecule has 0 aliphatic carbocycles. The minimum atomic E-state index is -0.278. The molecule has 3 N–H and O–H groups in total. The van der Waals surface area contributed by atoms with Gasteiger partial charge in [0.25, 0.3) is 0 Å². The standard InChI is InChI=1S/C39H46N6O3/c1-10-26-22(3)30-18-31-25(6)29(13-15-39(47)48-9)37(43-31)21-36-28(12-14-38(46)40-16-17-45(7)8)24(5)33(44-36)20-35-27(11-2)23(4)32(42-35)19-34(26)41-30/h10-11,18-21,41-42H,1-2,12-17H2,3-9H3,(H,40,46). The number of nitrogens with one attached hydrogen (secondary N) is 3. The number of fused-ring (bicyclic) bond motifs is 8. The van der Waals surface area contributed by atoms with Crippen molar-refractivity contribution in [3.8, 4) is 0 Å². The maximum absolute atomic E-state index is 12.9. The first-order chi connectivity index (χ1) is 22.9. The van der Waals surface area contributed by atoms with Gasteiger partial charge in [0, 0.05) is 59.1 Å². The molecule has 1 amide bonds. The predicted octanol–water partition coefficient (Wildman–Crippen LogP) is 7.49. The number of carbonyl (C=O) groups excluding carboxylic acids is 2. The fraction of sp³-hybridized carbons (Fsp3) is 0.333. The van der Waals surface area contributed by atoms with E-state index in [-0.39, 0.29) is 18.3 Å². The smallest absolute Gasteiger partial charge is 0.305 e. The van der Waals surface area contributed by atoms with Crippen LogP contribution < -0.4 is 5.32 Å². The molecular formula is C39H46N6O3. The number of hydrogen-bond acceptors (Lipinski definition) is 6. The number of ether oxygens (including phenoxy) is 1. The summed E-state index contributed by atoms with van der Waals surface area (Å²) in [6, 6.07) is 8.23. The summed E-state index contributed by atoms with van der Waals surface area (Å²) < 4.78 is 4.97. The van der Waals surface area contributed by atoms with Gasteiger partial charge in [0.1, 0.15) is 0 Å².